The second-order valence-corrected chi connectivity index (χ2v) is 9.12. The first-order valence-corrected chi connectivity index (χ1v) is 11.7. The lowest BCUT2D eigenvalue weighted by Gasteiger charge is -2.24. The molecule has 2 saturated heterocycles. The van der Waals surface area contributed by atoms with E-state index in [4.69, 9.17) is 4.74 Å². The Morgan fingerprint density at radius 2 is 1.97 bits per heavy atom. The SMILES string of the molecule is Cc1cc(C#CCN2C[C@H]3C[C@@H]2CO3)cc(C(=O)NC(c2ccc(F)cc2)c2cc(F)ccc2O)n1. The van der Waals surface area contributed by atoms with Gasteiger partial charge in [0.2, 0.25) is 0 Å². The van der Waals surface area contributed by atoms with Crippen LogP contribution in [0.5, 0.6) is 5.75 Å². The molecule has 1 unspecified atom stereocenters. The van der Waals surface area contributed by atoms with E-state index < -0.39 is 23.6 Å². The number of carbonyl (C=O) groups excluding carboxylic acids is 1. The van der Waals surface area contributed by atoms with E-state index in [1.54, 1.807) is 19.1 Å². The number of ether oxygens (including phenoxy) is 1. The van der Waals surface area contributed by atoms with Gasteiger partial charge in [-0.15, -0.1) is 0 Å². The Morgan fingerprint density at radius 1 is 1.19 bits per heavy atom. The Kier molecular flexibility index (Phi) is 6.68. The van der Waals surface area contributed by atoms with E-state index in [0.717, 1.165) is 31.7 Å². The topological polar surface area (TPSA) is 74.7 Å². The van der Waals surface area contributed by atoms with Gasteiger partial charge in [0.05, 0.1) is 25.3 Å². The van der Waals surface area contributed by atoms with Crippen molar-refractivity contribution >= 4 is 5.91 Å². The van der Waals surface area contributed by atoms with Crippen molar-refractivity contribution in [3.8, 4) is 17.6 Å². The van der Waals surface area contributed by atoms with Gasteiger partial charge in [-0.3, -0.25) is 9.69 Å². The Labute approximate surface area is 207 Å². The molecule has 0 radical (unpaired) electrons. The quantitative estimate of drug-likeness (QED) is 0.535. The number of benzene rings is 2. The van der Waals surface area contributed by atoms with Crippen LogP contribution in [0.2, 0.25) is 0 Å². The zero-order valence-electron chi connectivity index (χ0n) is 19.7. The molecule has 2 aliphatic rings. The molecule has 3 aromatic rings. The van der Waals surface area contributed by atoms with Gasteiger partial charge < -0.3 is 15.2 Å². The fourth-order valence-electron chi connectivity index (χ4n) is 4.73. The second-order valence-electron chi connectivity index (χ2n) is 9.12. The van der Waals surface area contributed by atoms with Crippen LogP contribution < -0.4 is 5.32 Å². The number of rotatable bonds is 5. The van der Waals surface area contributed by atoms with Gasteiger partial charge in [0.25, 0.3) is 5.91 Å². The highest BCUT2D eigenvalue weighted by molar-refractivity contribution is 5.93. The number of carbonyl (C=O) groups is 1. The van der Waals surface area contributed by atoms with Gasteiger partial charge in [-0.1, -0.05) is 24.0 Å². The normalized spacial score (nSPS) is 19.5. The van der Waals surface area contributed by atoms with Crippen LogP contribution in [0, 0.1) is 30.4 Å². The van der Waals surface area contributed by atoms with Gasteiger partial charge in [-0.25, -0.2) is 13.8 Å². The van der Waals surface area contributed by atoms with E-state index in [1.165, 1.54) is 30.3 Å². The molecule has 5 rings (SSSR count). The highest BCUT2D eigenvalue weighted by Crippen LogP contribution is 2.31. The van der Waals surface area contributed by atoms with Crippen LogP contribution in [0.1, 0.15) is 45.3 Å². The highest BCUT2D eigenvalue weighted by atomic mass is 19.1. The molecule has 36 heavy (non-hydrogen) atoms. The number of aryl methyl sites for hydroxylation is 1. The van der Waals surface area contributed by atoms with E-state index in [2.05, 4.69) is 27.0 Å². The van der Waals surface area contributed by atoms with Crippen LogP contribution >= 0.6 is 0 Å². The first-order chi connectivity index (χ1) is 17.4. The summed E-state index contributed by atoms with van der Waals surface area (Å²) in [6.45, 7) is 4.04. The number of halogens is 2. The predicted molar refractivity (Wildman–Crippen MR) is 129 cm³/mol. The van der Waals surface area contributed by atoms with Gasteiger partial charge in [-0.2, -0.15) is 0 Å². The summed E-state index contributed by atoms with van der Waals surface area (Å²) < 4.78 is 33.2. The molecule has 2 bridgehead atoms. The van der Waals surface area contributed by atoms with Crippen molar-refractivity contribution in [2.45, 2.75) is 31.5 Å². The van der Waals surface area contributed by atoms with Crippen molar-refractivity contribution in [1.29, 1.82) is 0 Å². The summed E-state index contributed by atoms with van der Waals surface area (Å²) in [6, 6.07) is 11.8. The second kappa shape index (κ2) is 10.1. The van der Waals surface area contributed by atoms with Crippen molar-refractivity contribution in [1.82, 2.24) is 15.2 Å². The number of nitrogens with zero attached hydrogens (tertiary/aromatic N) is 2. The minimum Gasteiger partial charge on any atom is -0.508 e. The smallest absolute Gasteiger partial charge is 0.270 e. The molecule has 1 amide bonds. The van der Waals surface area contributed by atoms with E-state index >= 15 is 0 Å². The van der Waals surface area contributed by atoms with Crippen LogP contribution in [0.25, 0.3) is 0 Å². The zero-order valence-corrected chi connectivity index (χ0v) is 19.7. The summed E-state index contributed by atoms with van der Waals surface area (Å²) in [4.78, 5) is 19.9. The lowest BCUT2D eigenvalue weighted by atomic mass is 9.97. The van der Waals surface area contributed by atoms with Crippen LogP contribution in [-0.4, -0.2) is 52.7 Å². The summed E-state index contributed by atoms with van der Waals surface area (Å²) >= 11 is 0. The van der Waals surface area contributed by atoms with Crippen molar-refractivity contribution in [2.75, 3.05) is 19.7 Å². The van der Waals surface area contributed by atoms with E-state index in [9.17, 15) is 18.7 Å². The molecule has 0 aliphatic carbocycles. The lowest BCUT2D eigenvalue weighted by molar-refractivity contribution is 0.0363. The zero-order chi connectivity index (χ0) is 25.2. The number of aromatic nitrogens is 1. The van der Waals surface area contributed by atoms with Crippen molar-refractivity contribution < 1.29 is 23.4 Å². The molecular weight excluding hydrogens is 464 g/mol. The largest absolute Gasteiger partial charge is 0.508 e. The van der Waals surface area contributed by atoms with E-state index in [0.29, 0.717) is 35.5 Å². The first kappa shape index (κ1) is 23.9. The minimum atomic E-state index is -0.932. The molecule has 1 aromatic heterocycles. The molecule has 2 fully saturated rings. The molecule has 2 N–H and O–H groups in total. The van der Waals surface area contributed by atoms with Gasteiger partial charge in [-0.05, 0) is 61.4 Å². The molecule has 0 saturated carbocycles. The molecular formula is C28H25F2N3O3. The summed E-state index contributed by atoms with van der Waals surface area (Å²) in [6.07, 6.45) is 1.36. The number of phenols is 1. The summed E-state index contributed by atoms with van der Waals surface area (Å²) in [5.74, 6) is 4.55. The average molecular weight is 490 g/mol. The first-order valence-electron chi connectivity index (χ1n) is 11.7. The van der Waals surface area contributed by atoms with E-state index in [-0.39, 0.29) is 17.0 Å². The van der Waals surface area contributed by atoms with Crippen LogP contribution in [-0.2, 0) is 4.74 Å². The number of aromatic hydroxyl groups is 1. The third kappa shape index (κ3) is 5.23. The number of phenolic OH excluding ortho intramolecular Hbond substituents is 1. The highest BCUT2D eigenvalue weighted by Gasteiger charge is 2.38. The number of pyridine rings is 1. The Balaban J connectivity index is 1.38. The molecule has 8 heteroatoms. The third-order valence-corrected chi connectivity index (χ3v) is 6.49. The summed E-state index contributed by atoms with van der Waals surface area (Å²) in [5.41, 5.74) is 2.03. The van der Waals surface area contributed by atoms with Gasteiger partial charge in [0, 0.05) is 29.4 Å². The van der Waals surface area contributed by atoms with Crippen LogP contribution in [0.4, 0.5) is 8.78 Å². The van der Waals surface area contributed by atoms with Crippen LogP contribution in [0.15, 0.2) is 54.6 Å². The summed E-state index contributed by atoms with van der Waals surface area (Å²) in [7, 11) is 0. The Morgan fingerprint density at radius 3 is 2.69 bits per heavy atom. The number of hydrogen-bond acceptors (Lipinski definition) is 5. The molecule has 2 aliphatic heterocycles. The molecule has 6 nitrogen and oxygen atoms in total. The van der Waals surface area contributed by atoms with Crippen molar-refractivity contribution in [2.24, 2.45) is 0 Å². The fourth-order valence-corrected chi connectivity index (χ4v) is 4.73. The van der Waals surface area contributed by atoms with Crippen molar-refractivity contribution in [3.63, 3.8) is 0 Å². The fraction of sp³-hybridized carbons (Fsp3) is 0.286. The minimum absolute atomic E-state index is 0.135. The summed E-state index contributed by atoms with van der Waals surface area (Å²) in [5, 5.41) is 13.2. The molecule has 0 spiro atoms. The number of fused-ring (bicyclic) bond motifs is 2. The standard InChI is InChI=1S/C28H25F2N3O3/c1-17-11-18(3-2-10-33-15-23-14-22(33)16-36-23)12-25(31-17)28(35)32-27(19-4-6-20(29)7-5-19)24-13-21(30)8-9-26(24)34/h4-9,11-13,22-23,27,34H,10,14-16H2,1H3,(H,32,35)/t22-,23-,27?/m1/s1. The molecule has 2 aromatic carbocycles. The maximum atomic E-state index is 14.0. The predicted octanol–water partition coefficient (Wildman–Crippen LogP) is 3.72. The maximum absolute atomic E-state index is 14.0. The van der Waals surface area contributed by atoms with Gasteiger partial charge in [0.15, 0.2) is 0 Å². The van der Waals surface area contributed by atoms with Crippen LogP contribution in [0.3, 0.4) is 0 Å². The third-order valence-electron chi connectivity index (χ3n) is 6.49. The molecule has 3 atom stereocenters. The maximum Gasteiger partial charge on any atom is 0.270 e. The van der Waals surface area contributed by atoms with Gasteiger partial charge in [0.1, 0.15) is 23.1 Å². The molecule has 3 heterocycles. The monoisotopic (exact) mass is 489 g/mol. The lowest BCUT2D eigenvalue weighted by Crippen LogP contribution is -2.37. The van der Waals surface area contributed by atoms with Gasteiger partial charge >= 0.3 is 0 Å². The number of nitrogens with one attached hydrogen (secondary N) is 1. The Bertz CT molecular complexity index is 1350. The van der Waals surface area contributed by atoms with E-state index in [1.807, 2.05) is 0 Å². The average Bonchev–Trinajstić information content (AvgIpc) is 3.48. The van der Waals surface area contributed by atoms with Crippen molar-refractivity contribution in [3.05, 3.63) is 94.3 Å². The number of likely N-dealkylation sites (tertiary alicyclic amines) is 1. The molecule has 184 valence electrons. The Hall–Kier alpha value is -3.80. The number of hydrogen-bond donors (Lipinski definition) is 2. The number of morpholine rings is 1. The number of amides is 1.